The van der Waals surface area contributed by atoms with Crippen LogP contribution < -0.4 is 5.32 Å². The Morgan fingerprint density at radius 3 is 2.81 bits per heavy atom. The van der Waals surface area contributed by atoms with Crippen molar-refractivity contribution in [3.63, 3.8) is 0 Å². The molecule has 1 heterocycles. The number of hydrogen-bond acceptors (Lipinski definition) is 6. The largest absolute Gasteiger partial charge is 0.322 e. The molecule has 0 saturated heterocycles. The second-order valence-electron chi connectivity index (χ2n) is 6.14. The monoisotopic (exact) mass is 384 g/mol. The summed E-state index contributed by atoms with van der Waals surface area (Å²) in [5, 5.41) is 25.5. The number of nitrogens with one attached hydrogen (secondary N) is 1. The van der Waals surface area contributed by atoms with Crippen LogP contribution in [0.4, 0.5) is 11.4 Å². The highest BCUT2D eigenvalue weighted by atomic mass is 35.5. The van der Waals surface area contributed by atoms with Gasteiger partial charge >= 0.3 is 0 Å². The van der Waals surface area contributed by atoms with E-state index in [4.69, 9.17) is 11.6 Å². The lowest BCUT2D eigenvalue weighted by atomic mass is 10.1. The number of halogens is 1. The molecule has 0 radical (unpaired) electrons. The second kappa shape index (κ2) is 6.76. The summed E-state index contributed by atoms with van der Waals surface area (Å²) in [5.74, 6) is 0.157. The molecular weight excluding hydrogens is 372 g/mol. The van der Waals surface area contributed by atoms with E-state index in [2.05, 4.69) is 20.8 Å². The van der Waals surface area contributed by atoms with Crippen LogP contribution in [0.1, 0.15) is 29.2 Å². The maximum atomic E-state index is 12.5. The van der Waals surface area contributed by atoms with Crippen molar-refractivity contribution in [1.82, 2.24) is 20.2 Å². The highest BCUT2D eigenvalue weighted by molar-refractivity contribution is 6.32. The second-order valence-corrected chi connectivity index (χ2v) is 6.54. The van der Waals surface area contributed by atoms with Gasteiger partial charge in [-0.25, -0.2) is 4.68 Å². The number of amides is 1. The van der Waals surface area contributed by atoms with E-state index in [1.54, 1.807) is 22.9 Å². The van der Waals surface area contributed by atoms with Gasteiger partial charge in [-0.15, -0.1) is 5.10 Å². The van der Waals surface area contributed by atoms with Gasteiger partial charge in [0.05, 0.1) is 11.0 Å². The van der Waals surface area contributed by atoms with Crippen LogP contribution >= 0.6 is 11.6 Å². The number of carbonyl (C=O) groups excluding carboxylic acids is 1. The molecule has 27 heavy (non-hydrogen) atoms. The van der Waals surface area contributed by atoms with Gasteiger partial charge in [0.15, 0.2) is 5.82 Å². The molecule has 10 heteroatoms. The number of nitro groups is 1. The minimum Gasteiger partial charge on any atom is -0.322 e. The normalized spacial score (nSPS) is 13.4. The molecule has 1 fully saturated rings. The Balaban J connectivity index is 1.58. The van der Waals surface area contributed by atoms with E-state index in [9.17, 15) is 14.9 Å². The lowest BCUT2D eigenvalue weighted by Gasteiger charge is -2.08. The number of aromatic nitrogens is 4. The maximum Gasteiger partial charge on any atom is 0.288 e. The Bertz CT molecular complexity index is 1050. The Kier molecular flexibility index (Phi) is 4.28. The Morgan fingerprint density at radius 2 is 2.07 bits per heavy atom. The molecule has 1 amide bonds. The summed E-state index contributed by atoms with van der Waals surface area (Å²) in [6, 6.07) is 11.3. The zero-order valence-corrected chi connectivity index (χ0v) is 14.6. The maximum absolute atomic E-state index is 12.5. The predicted octanol–water partition coefficient (Wildman–Crippen LogP) is 3.49. The van der Waals surface area contributed by atoms with Crippen LogP contribution in [-0.4, -0.2) is 31.0 Å². The van der Waals surface area contributed by atoms with Crippen LogP contribution in [0.2, 0.25) is 5.02 Å². The van der Waals surface area contributed by atoms with Crippen LogP contribution in [0.25, 0.3) is 11.4 Å². The van der Waals surface area contributed by atoms with Gasteiger partial charge < -0.3 is 5.32 Å². The van der Waals surface area contributed by atoms with Crippen LogP contribution in [-0.2, 0) is 0 Å². The highest BCUT2D eigenvalue weighted by Crippen LogP contribution is 2.36. The van der Waals surface area contributed by atoms with Gasteiger partial charge in [-0.2, -0.15) is 0 Å². The van der Waals surface area contributed by atoms with Crippen LogP contribution in [0.3, 0.4) is 0 Å². The average Bonchev–Trinajstić information content (AvgIpc) is 3.38. The van der Waals surface area contributed by atoms with Gasteiger partial charge in [0.25, 0.3) is 11.6 Å². The lowest BCUT2D eigenvalue weighted by molar-refractivity contribution is -0.384. The quantitative estimate of drug-likeness (QED) is 0.531. The molecule has 2 aromatic carbocycles. The molecule has 1 aliphatic carbocycles. The summed E-state index contributed by atoms with van der Waals surface area (Å²) >= 11 is 5.78. The van der Waals surface area contributed by atoms with Crippen molar-refractivity contribution >= 4 is 28.9 Å². The topological polar surface area (TPSA) is 116 Å². The van der Waals surface area contributed by atoms with Gasteiger partial charge in [-0.3, -0.25) is 14.9 Å². The minimum absolute atomic E-state index is 0.0227. The molecule has 3 aromatic rings. The molecule has 1 aromatic heterocycles. The molecule has 0 bridgehead atoms. The van der Waals surface area contributed by atoms with Crippen molar-refractivity contribution in [2.45, 2.75) is 18.9 Å². The first-order valence-corrected chi connectivity index (χ1v) is 8.54. The highest BCUT2D eigenvalue weighted by Gasteiger charge is 2.28. The summed E-state index contributed by atoms with van der Waals surface area (Å²) < 4.78 is 1.78. The zero-order valence-electron chi connectivity index (χ0n) is 13.9. The van der Waals surface area contributed by atoms with Crippen molar-refractivity contribution in [2.75, 3.05) is 5.32 Å². The molecule has 136 valence electrons. The third kappa shape index (κ3) is 3.49. The number of nitrogens with zero attached hydrogens (tertiary/aromatic N) is 5. The van der Waals surface area contributed by atoms with Crippen molar-refractivity contribution in [3.8, 4) is 11.4 Å². The first-order valence-electron chi connectivity index (χ1n) is 8.16. The average molecular weight is 385 g/mol. The van der Waals surface area contributed by atoms with Gasteiger partial charge in [0.2, 0.25) is 0 Å². The van der Waals surface area contributed by atoms with Gasteiger partial charge in [-0.1, -0.05) is 23.7 Å². The standard InChI is InChI=1S/C17H13ClN6O3/c18-14-7-4-11(9-15(14)24(26)27)17(25)19-12-3-1-2-10(8-12)16-20-21-22-23(16)13-5-6-13/h1-4,7-9,13H,5-6H2,(H,19,25). The predicted molar refractivity (Wildman–Crippen MR) is 97.6 cm³/mol. The van der Waals surface area contributed by atoms with Crippen molar-refractivity contribution in [3.05, 3.63) is 63.2 Å². The molecule has 0 spiro atoms. The van der Waals surface area contributed by atoms with E-state index in [0.29, 0.717) is 17.6 Å². The van der Waals surface area contributed by atoms with Crippen molar-refractivity contribution < 1.29 is 9.72 Å². The van der Waals surface area contributed by atoms with E-state index in [1.807, 2.05) is 6.07 Å². The molecule has 4 rings (SSSR count). The molecule has 0 unspecified atom stereocenters. The number of hydrogen-bond donors (Lipinski definition) is 1. The molecule has 1 aliphatic rings. The summed E-state index contributed by atoms with van der Waals surface area (Å²) in [5.41, 5.74) is 1.12. The van der Waals surface area contributed by atoms with Gasteiger partial charge in [-0.05, 0) is 47.5 Å². The van der Waals surface area contributed by atoms with Crippen molar-refractivity contribution in [1.29, 1.82) is 0 Å². The molecule has 1 saturated carbocycles. The Labute approximate surface area is 158 Å². The summed E-state index contributed by atoms with van der Waals surface area (Å²) in [4.78, 5) is 22.8. The van der Waals surface area contributed by atoms with E-state index in [1.165, 1.54) is 12.1 Å². The number of anilines is 1. The first-order chi connectivity index (χ1) is 13.0. The number of carbonyl (C=O) groups is 1. The first kappa shape index (κ1) is 17.1. The summed E-state index contributed by atoms with van der Waals surface area (Å²) in [6.07, 6.45) is 2.09. The van der Waals surface area contributed by atoms with Crippen LogP contribution in [0.5, 0.6) is 0 Å². The Morgan fingerprint density at radius 1 is 1.26 bits per heavy atom. The number of benzene rings is 2. The number of rotatable bonds is 5. The molecule has 0 aliphatic heterocycles. The number of nitro benzene ring substituents is 1. The minimum atomic E-state index is -0.628. The summed E-state index contributed by atoms with van der Waals surface area (Å²) in [6.45, 7) is 0. The molecule has 1 N–H and O–H groups in total. The Hall–Kier alpha value is -3.33. The SMILES string of the molecule is O=C(Nc1cccc(-c2nnnn2C2CC2)c1)c1ccc(Cl)c([N+](=O)[O-])c1. The van der Waals surface area contributed by atoms with Crippen LogP contribution in [0.15, 0.2) is 42.5 Å². The fourth-order valence-electron chi connectivity index (χ4n) is 2.68. The van der Waals surface area contributed by atoms with E-state index in [0.717, 1.165) is 24.5 Å². The molecular formula is C17H13ClN6O3. The molecule has 9 nitrogen and oxygen atoms in total. The van der Waals surface area contributed by atoms with E-state index >= 15 is 0 Å². The lowest BCUT2D eigenvalue weighted by Crippen LogP contribution is -2.12. The van der Waals surface area contributed by atoms with Gasteiger partial charge in [0.1, 0.15) is 5.02 Å². The third-order valence-corrected chi connectivity index (χ3v) is 4.49. The smallest absolute Gasteiger partial charge is 0.288 e. The number of tetrazole rings is 1. The van der Waals surface area contributed by atoms with E-state index < -0.39 is 10.8 Å². The third-order valence-electron chi connectivity index (χ3n) is 4.17. The molecule has 0 atom stereocenters. The van der Waals surface area contributed by atoms with Gasteiger partial charge in [0, 0.05) is 22.9 Å². The zero-order chi connectivity index (χ0) is 19.0. The van der Waals surface area contributed by atoms with Crippen molar-refractivity contribution in [2.24, 2.45) is 0 Å². The van der Waals surface area contributed by atoms with Crippen LogP contribution in [0, 0.1) is 10.1 Å². The fourth-order valence-corrected chi connectivity index (χ4v) is 2.87. The van der Waals surface area contributed by atoms with E-state index in [-0.39, 0.29) is 16.3 Å². The fraction of sp³-hybridized carbons (Fsp3) is 0.176. The summed E-state index contributed by atoms with van der Waals surface area (Å²) in [7, 11) is 0.